The van der Waals surface area contributed by atoms with E-state index in [1.165, 1.54) is 17.0 Å². The summed E-state index contributed by atoms with van der Waals surface area (Å²) in [6.45, 7) is 0.464. The number of amides is 2. The Kier molecular flexibility index (Phi) is 4.86. The van der Waals surface area contributed by atoms with E-state index >= 15 is 0 Å². The Morgan fingerprint density at radius 3 is 3.00 bits per heavy atom. The number of aliphatic hydroxyl groups excluding tert-OH is 1. The zero-order chi connectivity index (χ0) is 17.1. The Labute approximate surface area is 141 Å². The minimum atomic E-state index is -1.08. The van der Waals surface area contributed by atoms with Gasteiger partial charge in [0.1, 0.15) is 11.7 Å². The Morgan fingerprint density at radius 2 is 2.25 bits per heavy atom. The fourth-order valence-electron chi connectivity index (χ4n) is 2.61. The summed E-state index contributed by atoms with van der Waals surface area (Å²) in [5, 5.41) is 13.9. The monoisotopic (exact) mass is 349 g/mol. The van der Waals surface area contributed by atoms with E-state index in [-0.39, 0.29) is 11.6 Å². The molecular formula is C16H16FN3O3S. The van der Waals surface area contributed by atoms with Crippen molar-refractivity contribution in [1.29, 1.82) is 0 Å². The van der Waals surface area contributed by atoms with Crippen LogP contribution in [0.25, 0.3) is 0 Å². The highest BCUT2D eigenvalue weighted by atomic mass is 32.1. The largest absolute Gasteiger partial charge is 0.394 e. The number of pyridine rings is 1. The lowest BCUT2D eigenvalue weighted by molar-refractivity contribution is -0.135. The third-order valence-electron chi connectivity index (χ3n) is 3.85. The third-order valence-corrected chi connectivity index (χ3v) is 4.88. The molecule has 6 nitrogen and oxygen atoms in total. The van der Waals surface area contributed by atoms with Gasteiger partial charge in [-0.1, -0.05) is 6.07 Å². The molecule has 2 aromatic rings. The van der Waals surface area contributed by atoms with Crippen LogP contribution in [0.1, 0.15) is 20.9 Å². The predicted octanol–water partition coefficient (Wildman–Crippen LogP) is 0.958. The van der Waals surface area contributed by atoms with E-state index in [1.54, 1.807) is 16.2 Å². The molecule has 24 heavy (non-hydrogen) atoms. The quantitative estimate of drug-likeness (QED) is 0.806. The molecule has 0 aromatic carbocycles. The fraction of sp³-hybridized carbons (Fsp3) is 0.312. The molecule has 0 saturated carbocycles. The average Bonchev–Trinajstić information content (AvgIpc) is 3.06. The summed E-state index contributed by atoms with van der Waals surface area (Å²) in [6, 6.07) is 4.72. The summed E-state index contributed by atoms with van der Waals surface area (Å²) in [6.07, 6.45) is 0.760. The SMILES string of the molecule is O=C(N[C@@H](CO)C(=O)N1CCc2sccc2C1)c1cccc(F)n1. The van der Waals surface area contributed by atoms with E-state index in [9.17, 15) is 19.1 Å². The second kappa shape index (κ2) is 7.06. The van der Waals surface area contributed by atoms with Crippen molar-refractivity contribution in [3.05, 3.63) is 51.7 Å². The van der Waals surface area contributed by atoms with Crippen LogP contribution in [0.3, 0.4) is 0 Å². The van der Waals surface area contributed by atoms with Crippen LogP contribution in [0, 0.1) is 5.95 Å². The number of rotatable bonds is 4. The number of nitrogens with one attached hydrogen (secondary N) is 1. The smallest absolute Gasteiger partial charge is 0.270 e. The van der Waals surface area contributed by atoms with Gasteiger partial charge in [-0.2, -0.15) is 4.39 Å². The van der Waals surface area contributed by atoms with Crippen molar-refractivity contribution < 1.29 is 19.1 Å². The molecule has 0 radical (unpaired) electrons. The fourth-order valence-corrected chi connectivity index (χ4v) is 3.50. The highest BCUT2D eigenvalue weighted by Crippen LogP contribution is 2.24. The third kappa shape index (κ3) is 3.44. The molecule has 8 heteroatoms. The van der Waals surface area contributed by atoms with Crippen molar-refractivity contribution in [2.24, 2.45) is 0 Å². The van der Waals surface area contributed by atoms with Gasteiger partial charge in [-0.15, -0.1) is 11.3 Å². The van der Waals surface area contributed by atoms with E-state index in [4.69, 9.17) is 0 Å². The molecule has 3 heterocycles. The zero-order valence-electron chi connectivity index (χ0n) is 12.7. The van der Waals surface area contributed by atoms with Crippen LogP contribution in [-0.4, -0.2) is 46.0 Å². The first-order chi connectivity index (χ1) is 11.6. The number of thiophene rings is 1. The van der Waals surface area contributed by atoms with Gasteiger partial charge in [0.15, 0.2) is 0 Å². The molecule has 1 aliphatic rings. The molecule has 0 bridgehead atoms. The van der Waals surface area contributed by atoms with Gasteiger partial charge in [0.25, 0.3) is 5.91 Å². The molecule has 0 fully saturated rings. The zero-order valence-corrected chi connectivity index (χ0v) is 13.6. The van der Waals surface area contributed by atoms with Crippen LogP contribution >= 0.6 is 11.3 Å². The van der Waals surface area contributed by atoms with Crippen molar-refractivity contribution in [1.82, 2.24) is 15.2 Å². The van der Waals surface area contributed by atoms with Crippen molar-refractivity contribution >= 4 is 23.2 Å². The normalized spacial score (nSPS) is 14.8. The molecule has 2 aromatic heterocycles. The molecule has 0 unspecified atom stereocenters. The van der Waals surface area contributed by atoms with Crippen LogP contribution in [0.5, 0.6) is 0 Å². The molecule has 0 spiro atoms. The maximum atomic E-state index is 13.1. The summed E-state index contributed by atoms with van der Waals surface area (Å²) in [4.78, 5) is 31.0. The first-order valence-corrected chi connectivity index (χ1v) is 8.34. The summed E-state index contributed by atoms with van der Waals surface area (Å²) >= 11 is 1.66. The van der Waals surface area contributed by atoms with Crippen LogP contribution in [0.15, 0.2) is 29.6 Å². The lowest BCUT2D eigenvalue weighted by Crippen LogP contribution is -2.51. The molecule has 1 aliphatic heterocycles. The van der Waals surface area contributed by atoms with Crippen LogP contribution in [-0.2, 0) is 17.8 Å². The van der Waals surface area contributed by atoms with E-state index in [0.717, 1.165) is 18.1 Å². The summed E-state index contributed by atoms with van der Waals surface area (Å²) < 4.78 is 13.1. The Bertz CT molecular complexity index is 765. The van der Waals surface area contributed by atoms with Gasteiger partial charge in [0, 0.05) is 18.0 Å². The molecule has 2 N–H and O–H groups in total. The molecule has 0 aliphatic carbocycles. The number of carbonyl (C=O) groups excluding carboxylic acids is 2. The van der Waals surface area contributed by atoms with Crippen molar-refractivity contribution in [2.75, 3.05) is 13.2 Å². The predicted molar refractivity (Wildman–Crippen MR) is 86.0 cm³/mol. The van der Waals surface area contributed by atoms with Gasteiger partial charge in [0.05, 0.1) is 6.61 Å². The molecule has 126 valence electrons. The first-order valence-electron chi connectivity index (χ1n) is 7.47. The first kappa shape index (κ1) is 16.5. The average molecular weight is 349 g/mol. The minimum Gasteiger partial charge on any atom is -0.394 e. The second-order valence-electron chi connectivity index (χ2n) is 5.43. The molecule has 0 saturated heterocycles. The van der Waals surface area contributed by atoms with Crippen molar-refractivity contribution in [3.8, 4) is 0 Å². The minimum absolute atomic E-state index is 0.139. The standard InChI is InChI=1S/C16H16FN3O3S/c17-14-3-1-2-11(18-14)15(22)19-12(9-21)16(23)20-6-4-13-10(8-20)5-7-24-13/h1-3,5,7,12,21H,4,6,8-9H2,(H,19,22)/t12-/m0/s1. The van der Waals surface area contributed by atoms with Gasteiger partial charge in [-0.3, -0.25) is 9.59 Å². The molecule has 2 amide bonds. The second-order valence-corrected chi connectivity index (χ2v) is 6.43. The topological polar surface area (TPSA) is 82.5 Å². The van der Waals surface area contributed by atoms with E-state index in [0.29, 0.717) is 13.1 Å². The number of aromatic nitrogens is 1. The lowest BCUT2D eigenvalue weighted by atomic mass is 10.1. The van der Waals surface area contributed by atoms with E-state index in [1.807, 2.05) is 11.4 Å². The maximum Gasteiger partial charge on any atom is 0.270 e. The maximum absolute atomic E-state index is 13.1. The number of hydrogen-bond acceptors (Lipinski definition) is 5. The summed E-state index contributed by atoms with van der Waals surface area (Å²) in [5.74, 6) is -1.84. The number of aliphatic hydroxyl groups is 1. The van der Waals surface area contributed by atoms with Crippen molar-refractivity contribution in [3.63, 3.8) is 0 Å². The van der Waals surface area contributed by atoms with Gasteiger partial charge >= 0.3 is 0 Å². The van der Waals surface area contributed by atoms with Crippen LogP contribution in [0.4, 0.5) is 4.39 Å². The number of carbonyl (C=O) groups is 2. The van der Waals surface area contributed by atoms with Crippen molar-refractivity contribution in [2.45, 2.75) is 19.0 Å². The van der Waals surface area contributed by atoms with Gasteiger partial charge in [-0.05, 0) is 35.6 Å². The Balaban J connectivity index is 1.67. The Hall–Kier alpha value is -2.32. The molecule has 3 rings (SSSR count). The lowest BCUT2D eigenvalue weighted by Gasteiger charge is -2.30. The highest BCUT2D eigenvalue weighted by Gasteiger charge is 2.29. The van der Waals surface area contributed by atoms with Gasteiger partial charge in [0.2, 0.25) is 11.9 Å². The number of nitrogens with zero attached hydrogens (tertiary/aromatic N) is 2. The molecular weight excluding hydrogens is 333 g/mol. The van der Waals surface area contributed by atoms with E-state index in [2.05, 4.69) is 10.3 Å². The van der Waals surface area contributed by atoms with Crippen LogP contribution < -0.4 is 5.32 Å². The number of fused-ring (bicyclic) bond motifs is 1. The highest BCUT2D eigenvalue weighted by molar-refractivity contribution is 7.10. The van der Waals surface area contributed by atoms with E-state index < -0.39 is 24.5 Å². The van der Waals surface area contributed by atoms with Gasteiger partial charge in [-0.25, -0.2) is 4.98 Å². The Morgan fingerprint density at radius 1 is 1.42 bits per heavy atom. The summed E-state index contributed by atoms with van der Waals surface area (Å²) in [5.41, 5.74) is 0.953. The number of hydrogen-bond donors (Lipinski definition) is 2. The molecule has 1 atom stereocenters. The van der Waals surface area contributed by atoms with Crippen LogP contribution in [0.2, 0.25) is 0 Å². The summed E-state index contributed by atoms with van der Waals surface area (Å²) in [7, 11) is 0. The number of halogens is 1. The van der Waals surface area contributed by atoms with Gasteiger partial charge < -0.3 is 15.3 Å².